The fourth-order valence-electron chi connectivity index (χ4n) is 1.51. The average molecular weight is 156 g/mol. The fourth-order valence-corrected chi connectivity index (χ4v) is 1.51. The minimum absolute atomic E-state index is 0.128. The molecule has 3 N–H and O–H groups in total. The molecule has 3 heteroatoms. The molecule has 0 aliphatic heterocycles. The van der Waals surface area contributed by atoms with Crippen LogP contribution >= 0.6 is 0 Å². The maximum Gasteiger partial charge on any atom is 0.117 e. The lowest BCUT2D eigenvalue weighted by Gasteiger charge is -2.08. The second-order valence-electron chi connectivity index (χ2n) is 3.19. The second kappa shape index (κ2) is 4.34. The van der Waals surface area contributed by atoms with Crippen molar-refractivity contribution in [2.45, 2.75) is 25.7 Å². The topological polar surface area (TPSA) is 59.1 Å². The van der Waals surface area contributed by atoms with Gasteiger partial charge in [-0.2, -0.15) is 0 Å². The second-order valence-corrected chi connectivity index (χ2v) is 3.19. The van der Waals surface area contributed by atoms with Gasteiger partial charge in [-0.05, 0) is 18.8 Å². The van der Waals surface area contributed by atoms with E-state index in [4.69, 9.17) is 15.9 Å². The van der Waals surface area contributed by atoms with Crippen LogP contribution in [0.15, 0.2) is 0 Å². The van der Waals surface area contributed by atoms with Gasteiger partial charge in [0.05, 0.1) is 0 Å². The van der Waals surface area contributed by atoms with Crippen molar-refractivity contribution in [2.75, 3.05) is 13.2 Å². The van der Waals surface area contributed by atoms with E-state index in [0.29, 0.717) is 6.61 Å². The Balaban J connectivity index is 1.98. The van der Waals surface area contributed by atoms with Crippen LogP contribution in [0.25, 0.3) is 0 Å². The molecule has 1 saturated carbocycles. The highest BCUT2D eigenvalue weighted by molar-refractivity contribution is 5.78. The van der Waals surface area contributed by atoms with E-state index < -0.39 is 0 Å². The van der Waals surface area contributed by atoms with Crippen LogP contribution in [0.1, 0.15) is 25.7 Å². The zero-order valence-corrected chi connectivity index (χ0v) is 6.81. The third-order valence-corrected chi connectivity index (χ3v) is 2.09. The zero-order chi connectivity index (χ0) is 8.10. The lowest BCUT2D eigenvalue weighted by molar-refractivity contribution is 0.132. The highest BCUT2D eigenvalue weighted by Crippen LogP contribution is 2.24. The molecule has 0 radical (unpaired) electrons. The Morgan fingerprint density at radius 3 is 2.64 bits per heavy atom. The van der Waals surface area contributed by atoms with Crippen LogP contribution in [0.3, 0.4) is 0 Å². The van der Waals surface area contributed by atoms with Crippen molar-refractivity contribution in [3.8, 4) is 0 Å². The summed E-state index contributed by atoms with van der Waals surface area (Å²) in [6.07, 6.45) is 5.26. The van der Waals surface area contributed by atoms with Crippen LogP contribution in [0.4, 0.5) is 0 Å². The van der Waals surface area contributed by atoms with E-state index in [2.05, 4.69) is 0 Å². The lowest BCUT2D eigenvalue weighted by atomic mass is 10.1. The summed E-state index contributed by atoms with van der Waals surface area (Å²) in [4.78, 5) is 0. The SMILES string of the molecule is N=C(N)COCC1CCCC1. The quantitative estimate of drug-likeness (QED) is 0.473. The third kappa shape index (κ3) is 3.37. The first kappa shape index (κ1) is 8.53. The first-order chi connectivity index (χ1) is 5.29. The van der Waals surface area contributed by atoms with Gasteiger partial charge in [-0.15, -0.1) is 0 Å². The monoisotopic (exact) mass is 156 g/mol. The number of rotatable bonds is 4. The Kier molecular flexibility index (Phi) is 3.36. The van der Waals surface area contributed by atoms with Gasteiger partial charge < -0.3 is 10.5 Å². The van der Waals surface area contributed by atoms with E-state index >= 15 is 0 Å². The van der Waals surface area contributed by atoms with Gasteiger partial charge in [0, 0.05) is 6.61 Å². The number of hydrogen-bond acceptors (Lipinski definition) is 2. The third-order valence-electron chi connectivity index (χ3n) is 2.09. The van der Waals surface area contributed by atoms with Crippen molar-refractivity contribution >= 4 is 5.84 Å². The molecule has 0 atom stereocenters. The van der Waals surface area contributed by atoms with Crippen molar-refractivity contribution in [3.63, 3.8) is 0 Å². The van der Waals surface area contributed by atoms with E-state index in [1.807, 2.05) is 0 Å². The van der Waals surface area contributed by atoms with Gasteiger partial charge in [0.2, 0.25) is 0 Å². The van der Waals surface area contributed by atoms with Crippen molar-refractivity contribution in [2.24, 2.45) is 11.7 Å². The van der Waals surface area contributed by atoms with Gasteiger partial charge in [-0.1, -0.05) is 12.8 Å². The molecule has 64 valence electrons. The Labute approximate surface area is 67.4 Å². The Hall–Kier alpha value is -0.570. The first-order valence-electron chi connectivity index (χ1n) is 4.19. The standard InChI is InChI=1S/C8H16N2O/c9-8(10)6-11-5-7-3-1-2-4-7/h7H,1-6H2,(H3,9,10). The average Bonchev–Trinajstić information content (AvgIpc) is 2.39. The molecule has 0 aromatic rings. The smallest absolute Gasteiger partial charge is 0.117 e. The highest BCUT2D eigenvalue weighted by Gasteiger charge is 2.14. The summed E-state index contributed by atoms with van der Waals surface area (Å²) >= 11 is 0. The predicted octanol–water partition coefficient (Wildman–Crippen LogP) is 1.13. The number of amidine groups is 1. The summed E-state index contributed by atoms with van der Waals surface area (Å²) in [5, 5.41) is 6.92. The summed E-state index contributed by atoms with van der Waals surface area (Å²) in [7, 11) is 0. The molecule has 0 spiro atoms. The van der Waals surface area contributed by atoms with E-state index in [-0.39, 0.29) is 5.84 Å². The van der Waals surface area contributed by atoms with Gasteiger partial charge in [-0.25, -0.2) is 0 Å². The fraction of sp³-hybridized carbons (Fsp3) is 0.875. The van der Waals surface area contributed by atoms with Gasteiger partial charge >= 0.3 is 0 Å². The summed E-state index contributed by atoms with van der Waals surface area (Å²) in [5.41, 5.74) is 5.14. The largest absolute Gasteiger partial charge is 0.386 e. The number of hydrogen-bond donors (Lipinski definition) is 2. The molecular weight excluding hydrogens is 140 g/mol. The molecule has 0 amide bonds. The van der Waals surface area contributed by atoms with E-state index in [1.165, 1.54) is 25.7 Å². The van der Waals surface area contributed by atoms with Crippen molar-refractivity contribution < 1.29 is 4.74 Å². The van der Waals surface area contributed by atoms with Crippen LogP contribution in [-0.4, -0.2) is 19.0 Å². The number of ether oxygens (including phenoxy) is 1. The van der Waals surface area contributed by atoms with Gasteiger partial charge in [0.1, 0.15) is 12.4 Å². The summed E-state index contributed by atoms with van der Waals surface area (Å²) in [6, 6.07) is 0. The molecule has 0 unspecified atom stereocenters. The van der Waals surface area contributed by atoms with Crippen LogP contribution in [0.5, 0.6) is 0 Å². The molecule has 1 fully saturated rings. The lowest BCUT2D eigenvalue weighted by Crippen LogP contribution is -2.19. The molecular formula is C8H16N2O. The molecule has 0 bridgehead atoms. The molecule has 0 aromatic carbocycles. The molecule has 0 heterocycles. The Bertz CT molecular complexity index is 130. The molecule has 0 saturated heterocycles. The molecule has 3 nitrogen and oxygen atoms in total. The van der Waals surface area contributed by atoms with Crippen molar-refractivity contribution in [1.29, 1.82) is 5.41 Å². The number of nitrogens with two attached hydrogens (primary N) is 1. The van der Waals surface area contributed by atoms with E-state index in [9.17, 15) is 0 Å². The Morgan fingerprint density at radius 1 is 1.45 bits per heavy atom. The molecule has 1 aliphatic rings. The maximum absolute atomic E-state index is 6.92. The summed E-state index contributed by atoms with van der Waals surface area (Å²) < 4.78 is 5.23. The molecule has 11 heavy (non-hydrogen) atoms. The van der Waals surface area contributed by atoms with E-state index in [1.54, 1.807) is 0 Å². The maximum atomic E-state index is 6.92. The molecule has 1 rings (SSSR count). The summed E-state index contributed by atoms with van der Waals surface area (Å²) in [6.45, 7) is 1.09. The van der Waals surface area contributed by atoms with Crippen molar-refractivity contribution in [3.05, 3.63) is 0 Å². The van der Waals surface area contributed by atoms with Crippen LogP contribution in [0, 0.1) is 11.3 Å². The van der Waals surface area contributed by atoms with Crippen molar-refractivity contribution in [1.82, 2.24) is 0 Å². The van der Waals surface area contributed by atoms with Gasteiger partial charge in [0.15, 0.2) is 0 Å². The summed E-state index contributed by atoms with van der Waals surface area (Å²) in [5.74, 6) is 0.859. The Morgan fingerprint density at radius 2 is 2.09 bits per heavy atom. The molecule has 1 aliphatic carbocycles. The predicted molar refractivity (Wildman–Crippen MR) is 44.7 cm³/mol. The highest BCUT2D eigenvalue weighted by atomic mass is 16.5. The first-order valence-corrected chi connectivity index (χ1v) is 4.19. The van der Waals surface area contributed by atoms with Gasteiger partial charge in [-0.3, -0.25) is 5.41 Å². The minimum Gasteiger partial charge on any atom is -0.386 e. The number of nitrogens with one attached hydrogen (secondary N) is 1. The molecule has 0 aromatic heterocycles. The van der Waals surface area contributed by atoms with Crippen LogP contribution < -0.4 is 5.73 Å². The zero-order valence-electron chi connectivity index (χ0n) is 6.81. The minimum atomic E-state index is 0.128. The normalized spacial score (nSPS) is 18.9. The van der Waals surface area contributed by atoms with Gasteiger partial charge in [0.25, 0.3) is 0 Å². The van der Waals surface area contributed by atoms with E-state index in [0.717, 1.165) is 12.5 Å². The van der Waals surface area contributed by atoms with Crippen LogP contribution in [-0.2, 0) is 4.74 Å². The van der Waals surface area contributed by atoms with Crippen LogP contribution in [0.2, 0.25) is 0 Å².